The quantitative estimate of drug-likeness (QED) is 0.313. The van der Waals surface area contributed by atoms with Gasteiger partial charge in [0.2, 0.25) is 0 Å². The second-order valence-corrected chi connectivity index (χ2v) is 7.95. The van der Waals surface area contributed by atoms with Gasteiger partial charge >= 0.3 is 6.36 Å². The molecule has 0 amide bonds. The highest BCUT2D eigenvalue weighted by Gasteiger charge is 2.32. The number of rotatable bonds is 14. The van der Waals surface area contributed by atoms with Gasteiger partial charge in [0, 0.05) is 5.39 Å². The number of pyridine rings is 1. The zero-order valence-corrected chi connectivity index (χ0v) is 17.9. The van der Waals surface area contributed by atoms with Crippen molar-refractivity contribution in [2.45, 2.75) is 96.4 Å². The van der Waals surface area contributed by atoms with E-state index >= 15 is 0 Å². The van der Waals surface area contributed by atoms with E-state index in [1.165, 1.54) is 63.5 Å². The molecule has 0 spiro atoms. The van der Waals surface area contributed by atoms with Crippen molar-refractivity contribution in [3.05, 3.63) is 36.0 Å². The largest absolute Gasteiger partial charge is 0.573 e. The number of aromatic nitrogens is 1. The van der Waals surface area contributed by atoms with Crippen LogP contribution in [-0.4, -0.2) is 16.5 Å². The van der Waals surface area contributed by atoms with Crippen LogP contribution in [0.3, 0.4) is 0 Å². The van der Waals surface area contributed by atoms with Crippen molar-refractivity contribution in [2.75, 3.05) is 0 Å². The van der Waals surface area contributed by atoms with E-state index in [9.17, 15) is 18.3 Å². The lowest BCUT2D eigenvalue weighted by atomic mass is 10.0. The van der Waals surface area contributed by atoms with Gasteiger partial charge in [-0.2, -0.15) is 0 Å². The molecule has 1 unspecified atom stereocenters. The summed E-state index contributed by atoms with van der Waals surface area (Å²) in [4.78, 5) is 4.25. The molecule has 0 saturated carbocycles. The van der Waals surface area contributed by atoms with Gasteiger partial charge in [-0.15, -0.1) is 13.2 Å². The Kier molecular flexibility index (Phi) is 10.4. The van der Waals surface area contributed by atoms with Crippen LogP contribution in [0, 0.1) is 0 Å². The highest BCUT2D eigenvalue weighted by Crippen LogP contribution is 2.31. The fourth-order valence-electron chi connectivity index (χ4n) is 3.68. The molecule has 0 fully saturated rings. The SMILES string of the molecule is CCCCCCCCCCCCCC(O)c1ccc2cccc(OC(F)(F)F)c2n1. The van der Waals surface area contributed by atoms with Gasteiger partial charge < -0.3 is 9.84 Å². The minimum Gasteiger partial charge on any atom is -0.403 e. The van der Waals surface area contributed by atoms with Gasteiger partial charge in [0.25, 0.3) is 0 Å². The zero-order valence-electron chi connectivity index (χ0n) is 17.9. The molecular weight excluding hydrogens is 391 g/mol. The van der Waals surface area contributed by atoms with E-state index in [1.807, 2.05) is 0 Å². The fraction of sp³-hybridized carbons (Fsp3) is 0.625. The predicted molar refractivity (Wildman–Crippen MR) is 114 cm³/mol. The molecule has 2 aromatic rings. The van der Waals surface area contributed by atoms with Crippen molar-refractivity contribution in [3.8, 4) is 5.75 Å². The molecule has 30 heavy (non-hydrogen) atoms. The molecule has 0 saturated heterocycles. The third kappa shape index (κ3) is 8.90. The number of alkyl halides is 3. The second kappa shape index (κ2) is 12.8. The number of hydrogen-bond acceptors (Lipinski definition) is 3. The van der Waals surface area contributed by atoms with Gasteiger partial charge in [0.15, 0.2) is 5.75 Å². The number of aliphatic hydroxyl groups excluding tert-OH is 1. The molecule has 6 heteroatoms. The van der Waals surface area contributed by atoms with E-state index in [0.29, 0.717) is 17.5 Å². The van der Waals surface area contributed by atoms with Crippen LogP contribution in [0.5, 0.6) is 5.75 Å². The maximum atomic E-state index is 12.6. The Morgan fingerprint density at radius 3 is 2.07 bits per heavy atom. The highest BCUT2D eigenvalue weighted by atomic mass is 19.4. The Labute approximate surface area is 177 Å². The third-order valence-corrected chi connectivity index (χ3v) is 5.35. The monoisotopic (exact) mass is 425 g/mol. The highest BCUT2D eigenvalue weighted by molar-refractivity contribution is 5.84. The van der Waals surface area contributed by atoms with Crippen LogP contribution in [0.4, 0.5) is 13.2 Å². The summed E-state index contributed by atoms with van der Waals surface area (Å²) >= 11 is 0. The summed E-state index contributed by atoms with van der Waals surface area (Å²) in [5, 5.41) is 11.0. The van der Waals surface area contributed by atoms with Gasteiger partial charge in [-0.3, -0.25) is 0 Å². The van der Waals surface area contributed by atoms with Crippen LogP contribution in [-0.2, 0) is 0 Å². The summed E-state index contributed by atoms with van der Waals surface area (Å²) in [7, 11) is 0. The van der Waals surface area contributed by atoms with Crippen LogP contribution >= 0.6 is 0 Å². The third-order valence-electron chi connectivity index (χ3n) is 5.35. The first-order valence-corrected chi connectivity index (χ1v) is 11.2. The molecule has 0 aliphatic heterocycles. The first-order chi connectivity index (χ1) is 14.4. The number of halogens is 3. The summed E-state index contributed by atoms with van der Waals surface area (Å²) in [6, 6.07) is 7.74. The molecule has 168 valence electrons. The number of para-hydroxylation sites is 1. The molecule has 3 nitrogen and oxygen atoms in total. The molecule has 1 heterocycles. The smallest absolute Gasteiger partial charge is 0.403 e. The van der Waals surface area contributed by atoms with Gasteiger partial charge in [-0.1, -0.05) is 95.8 Å². The molecule has 1 aromatic carbocycles. The Bertz CT molecular complexity index is 749. The fourth-order valence-corrected chi connectivity index (χ4v) is 3.68. The van der Waals surface area contributed by atoms with Crippen LogP contribution in [0.1, 0.15) is 95.8 Å². The van der Waals surface area contributed by atoms with Crippen molar-refractivity contribution < 1.29 is 23.0 Å². The normalized spacial score (nSPS) is 13.0. The number of fused-ring (bicyclic) bond motifs is 1. The number of aliphatic hydroxyl groups is 1. The Hall–Kier alpha value is -1.82. The minimum absolute atomic E-state index is 0.116. The topological polar surface area (TPSA) is 42.4 Å². The summed E-state index contributed by atoms with van der Waals surface area (Å²) in [6.07, 6.45) is 8.48. The average molecular weight is 426 g/mol. The van der Waals surface area contributed by atoms with Crippen molar-refractivity contribution in [1.82, 2.24) is 4.98 Å². The molecular formula is C24H34F3NO2. The molecule has 1 aromatic heterocycles. The second-order valence-electron chi connectivity index (χ2n) is 7.95. The Balaban J connectivity index is 1.74. The Morgan fingerprint density at radius 2 is 1.47 bits per heavy atom. The van der Waals surface area contributed by atoms with Crippen LogP contribution < -0.4 is 4.74 Å². The first-order valence-electron chi connectivity index (χ1n) is 11.2. The summed E-state index contributed by atoms with van der Waals surface area (Å²) in [5.74, 6) is -0.344. The van der Waals surface area contributed by atoms with Gasteiger partial charge in [-0.25, -0.2) is 4.98 Å². The van der Waals surface area contributed by atoms with Crippen molar-refractivity contribution in [3.63, 3.8) is 0 Å². The van der Waals surface area contributed by atoms with Gasteiger partial charge in [-0.05, 0) is 18.6 Å². The standard InChI is InChI=1S/C24H34F3NO2/c1-2-3-4-5-6-7-8-9-10-11-12-15-21(29)20-18-17-19-14-13-16-22(23(19)28-20)30-24(25,26)27/h13-14,16-18,21,29H,2-12,15H2,1H3. The molecule has 1 N–H and O–H groups in total. The number of ether oxygens (including phenoxy) is 1. The number of unbranched alkanes of at least 4 members (excludes halogenated alkanes) is 10. The Morgan fingerprint density at radius 1 is 0.867 bits per heavy atom. The lowest BCUT2D eigenvalue weighted by Crippen LogP contribution is -2.17. The van der Waals surface area contributed by atoms with Crippen LogP contribution in [0.25, 0.3) is 10.9 Å². The van der Waals surface area contributed by atoms with E-state index in [-0.39, 0.29) is 11.3 Å². The molecule has 2 rings (SSSR count). The minimum atomic E-state index is -4.78. The van der Waals surface area contributed by atoms with E-state index < -0.39 is 12.5 Å². The maximum absolute atomic E-state index is 12.6. The number of nitrogens with zero attached hydrogens (tertiary/aromatic N) is 1. The molecule has 0 bridgehead atoms. The molecule has 0 aliphatic rings. The average Bonchev–Trinajstić information content (AvgIpc) is 2.70. The predicted octanol–water partition coefficient (Wildman–Crippen LogP) is 7.87. The van der Waals surface area contributed by atoms with E-state index in [2.05, 4.69) is 16.6 Å². The lowest BCUT2D eigenvalue weighted by Gasteiger charge is -2.14. The van der Waals surface area contributed by atoms with Crippen molar-refractivity contribution >= 4 is 10.9 Å². The molecule has 1 atom stereocenters. The summed E-state index contributed by atoms with van der Waals surface area (Å²) < 4.78 is 41.9. The summed E-state index contributed by atoms with van der Waals surface area (Å²) in [5.41, 5.74) is 0.498. The van der Waals surface area contributed by atoms with E-state index in [0.717, 1.165) is 19.3 Å². The van der Waals surface area contributed by atoms with E-state index in [1.54, 1.807) is 18.2 Å². The first kappa shape index (κ1) is 24.4. The maximum Gasteiger partial charge on any atom is 0.573 e. The number of benzene rings is 1. The molecule has 0 aliphatic carbocycles. The van der Waals surface area contributed by atoms with Crippen molar-refractivity contribution in [1.29, 1.82) is 0 Å². The van der Waals surface area contributed by atoms with Crippen LogP contribution in [0.2, 0.25) is 0 Å². The lowest BCUT2D eigenvalue weighted by molar-refractivity contribution is -0.274. The number of hydrogen-bond donors (Lipinski definition) is 1. The van der Waals surface area contributed by atoms with E-state index in [4.69, 9.17) is 0 Å². The zero-order chi connectivity index (χ0) is 21.8. The summed E-state index contributed by atoms with van der Waals surface area (Å²) in [6.45, 7) is 2.23. The van der Waals surface area contributed by atoms with Gasteiger partial charge in [0.1, 0.15) is 5.52 Å². The van der Waals surface area contributed by atoms with Crippen molar-refractivity contribution in [2.24, 2.45) is 0 Å². The van der Waals surface area contributed by atoms with Crippen LogP contribution in [0.15, 0.2) is 30.3 Å². The molecule has 0 radical (unpaired) electrons. The van der Waals surface area contributed by atoms with Gasteiger partial charge in [0.05, 0.1) is 11.8 Å².